The first-order valence-corrected chi connectivity index (χ1v) is 14.1. The third-order valence-corrected chi connectivity index (χ3v) is 6.73. The van der Waals surface area contributed by atoms with Crippen LogP contribution in [0.15, 0.2) is 97.1 Å². The number of para-hydroxylation sites is 2. The standard InChI is InChI=1S/C35H32O8/c36-33(25-8-2-1-3-9-25)26-22-27-24-28(23-26)35(38)30-11-5-7-13-32(30)43-21-19-41-17-15-39-14-16-40-18-20-42-31-12-6-4-10-29(31)34(27)37/h1-13,22-24H,14-21H2. The fourth-order valence-corrected chi connectivity index (χ4v) is 4.61. The molecule has 0 N–H and O–H groups in total. The molecule has 43 heavy (non-hydrogen) atoms. The van der Waals surface area contributed by atoms with Crippen molar-refractivity contribution in [3.63, 3.8) is 0 Å². The molecule has 4 aromatic carbocycles. The van der Waals surface area contributed by atoms with Crippen molar-refractivity contribution in [1.29, 1.82) is 0 Å². The lowest BCUT2D eigenvalue weighted by Gasteiger charge is -2.14. The van der Waals surface area contributed by atoms with E-state index < -0.39 is 0 Å². The van der Waals surface area contributed by atoms with Gasteiger partial charge in [-0.2, -0.15) is 0 Å². The normalized spacial score (nSPS) is 15.4. The summed E-state index contributed by atoms with van der Waals surface area (Å²) < 4.78 is 28.5. The molecular weight excluding hydrogens is 548 g/mol. The predicted molar refractivity (Wildman–Crippen MR) is 160 cm³/mol. The quantitative estimate of drug-likeness (QED) is 0.299. The number of benzene rings is 4. The highest BCUT2D eigenvalue weighted by Gasteiger charge is 2.22. The Morgan fingerprint density at radius 2 is 0.884 bits per heavy atom. The maximum absolute atomic E-state index is 13.9. The van der Waals surface area contributed by atoms with Crippen LogP contribution in [0.5, 0.6) is 11.5 Å². The Labute approximate surface area is 250 Å². The van der Waals surface area contributed by atoms with Crippen LogP contribution in [0.3, 0.4) is 0 Å². The van der Waals surface area contributed by atoms with Crippen molar-refractivity contribution < 1.29 is 38.1 Å². The van der Waals surface area contributed by atoms with Crippen molar-refractivity contribution in [3.05, 3.63) is 130 Å². The molecule has 0 saturated heterocycles. The molecule has 1 aliphatic rings. The predicted octanol–water partition coefficient (Wildman–Crippen LogP) is 5.20. The lowest BCUT2D eigenvalue weighted by Crippen LogP contribution is -2.16. The van der Waals surface area contributed by atoms with Crippen LogP contribution in [0.4, 0.5) is 0 Å². The number of rotatable bonds is 2. The Kier molecular flexibility index (Phi) is 10.4. The molecule has 4 aromatic rings. The molecule has 0 radical (unpaired) electrons. The van der Waals surface area contributed by atoms with Gasteiger partial charge in [-0.05, 0) is 42.5 Å². The second kappa shape index (κ2) is 15.0. The summed E-state index contributed by atoms with van der Waals surface area (Å²) in [7, 11) is 0. The van der Waals surface area contributed by atoms with Crippen LogP contribution in [-0.2, 0) is 14.2 Å². The summed E-state index contributed by atoms with van der Waals surface area (Å²) in [6, 6.07) is 27.0. The van der Waals surface area contributed by atoms with E-state index in [1.807, 2.05) is 6.07 Å². The topological polar surface area (TPSA) is 97.4 Å². The molecule has 1 heterocycles. The van der Waals surface area contributed by atoms with Crippen molar-refractivity contribution >= 4 is 17.3 Å². The molecule has 220 valence electrons. The molecule has 0 unspecified atom stereocenters. The highest BCUT2D eigenvalue weighted by Crippen LogP contribution is 2.27. The van der Waals surface area contributed by atoms with Gasteiger partial charge in [0, 0.05) is 22.3 Å². The van der Waals surface area contributed by atoms with Gasteiger partial charge in [0.2, 0.25) is 0 Å². The Morgan fingerprint density at radius 1 is 0.465 bits per heavy atom. The van der Waals surface area contributed by atoms with E-state index >= 15 is 0 Å². The van der Waals surface area contributed by atoms with E-state index in [0.29, 0.717) is 67.8 Å². The van der Waals surface area contributed by atoms with E-state index in [2.05, 4.69) is 0 Å². The summed E-state index contributed by atoms with van der Waals surface area (Å²) in [6.45, 7) is 2.65. The molecule has 2 bridgehead atoms. The maximum Gasteiger partial charge on any atom is 0.196 e. The zero-order valence-corrected chi connectivity index (χ0v) is 23.7. The van der Waals surface area contributed by atoms with Gasteiger partial charge < -0.3 is 23.7 Å². The van der Waals surface area contributed by atoms with Crippen molar-refractivity contribution in [2.24, 2.45) is 0 Å². The van der Waals surface area contributed by atoms with Gasteiger partial charge in [-0.1, -0.05) is 54.6 Å². The fourth-order valence-electron chi connectivity index (χ4n) is 4.61. The monoisotopic (exact) mass is 580 g/mol. The SMILES string of the molecule is O=C(c1ccccc1)c1cc2cc(c1)C(=O)c1ccccc1OCCOCCOCCOCCOc1ccccc1C2=O. The van der Waals surface area contributed by atoms with E-state index in [1.165, 1.54) is 18.2 Å². The van der Waals surface area contributed by atoms with Gasteiger partial charge in [-0.15, -0.1) is 0 Å². The number of ketones is 3. The molecule has 0 fully saturated rings. The largest absolute Gasteiger partial charge is 0.490 e. The van der Waals surface area contributed by atoms with Gasteiger partial charge >= 0.3 is 0 Å². The molecule has 1 aliphatic heterocycles. The summed E-state index contributed by atoms with van der Waals surface area (Å²) in [5.41, 5.74) is 1.64. The molecule has 0 aliphatic carbocycles. The van der Waals surface area contributed by atoms with Gasteiger partial charge in [0.25, 0.3) is 0 Å². The zero-order valence-electron chi connectivity index (χ0n) is 23.7. The Hall–Kier alpha value is -4.63. The molecular formula is C35H32O8. The Morgan fingerprint density at radius 3 is 1.37 bits per heavy atom. The maximum atomic E-state index is 13.9. The van der Waals surface area contributed by atoms with Gasteiger partial charge in [0.05, 0.1) is 50.8 Å². The number of hydrogen-bond donors (Lipinski definition) is 0. The molecule has 0 aromatic heterocycles. The van der Waals surface area contributed by atoms with Gasteiger partial charge in [-0.25, -0.2) is 0 Å². The second-order valence-corrected chi connectivity index (χ2v) is 9.68. The van der Waals surface area contributed by atoms with E-state index in [9.17, 15) is 14.4 Å². The smallest absolute Gasteiger partial charge is 0.196 e. The molecule has 0 saturated carbocycles. The first kappa shape index (κ1) is 29.8. The van der Waals surface area contributed by atoms with Gasteiger partial charge in [0.15, 0.2) is 17.3 Å². The number of carbonyl (C=O) groups is 3. The van der Waals surface area contributed by atoms with Gasteiger partial charge in [0.1, 0.15) is 24.7 Å². The number of carbonyl (C=O) groups excluding carboxylic acids is 3. The van der Waals surface area contributed by atoms with E-state index in [1.54, 1.807) is 72.8 Å². The van der Waals surface area contributed by atoms with Crippen molar-refractivity contribution in [3.8, 4) is 11.5 Å². The molecule has 5 rings (SSSR count). The number of fused-ring (bicyclic) bond motifs is 4. The summed E-state index contributed by atoms with van der Waals surface area (Å²) in [4.78, 5) is 41.4. The minimum atomic E-state index is -0.384. The highest BCUT2D eigenvalue weighted by molar-refractivity contribution is 6.18. The average Bonchev–Trinajstić information content (AvgIpc) is 3.06. The van der Waals surface area contributed by atoms with E-state index in [0.717, 1.165) is 0 Å². The molecule has 8 nitrogen and oxygen atoms in total. The average molecular weight is 581 g/mol. The van der Waals surface area contributed by atoms with Crippen molar-refractivity contribution in [2.45, 2.75) is 0 Å². The summed E-state index contributed by atoms with van der Waals surface area (Å²) in [5.74, 6) is -0.329. The van der Waals surface area contributed by atoms with Crippen LogP contribution in [-0.4, -0.2) is 70.2 Å². The lowest BCUT2D eigenvalue weighted by atomic mass is 9.92. The molecule has 0 spiro atoms. The zero-order chi connectivity index (χ0) is 29.9. The minimum Gasteiger partial charge on any atom is -0.490 e. The number of hydrogen-bond acceptors (Lipinski definition) is 8. The lowest BCUT2D eigenvalue weighted by molar-refractivity contribution is 0.00493. The van der Waals surface area contributed by atoms with E-state index in [-0.39, 0.29) is 47.3 Å². The van der Waals surface area contributed by atoms with Crippen molar-refractivity contribution in [1.82, 2.24) is 0 Å². The van der Waals surface area contributed by atoms with Crippen molar-refractivity contribution in [2.75, 3.05) is 52.9 Å². The summed E-state index contributed by atoms with van der Waals surface area (Å²) >= 11 is 0. The van der Waals surface area contributed by atoms with Gasteiger partial charge in [-0.3, -0.25) is 14.4 Å². The van der Waals surface area contributed by atoms with Crippen LogP contribution in [0.2, 0.25) is 0 Å². The van der Waals surface area contributed by atoms with Crippen LogP contribution >= 0.6 is 0 Å². The third kappa shape index (κ3) is 7.81. The van der Waals surface area contributed by atoms with Crippen LogP contribution in [0.25, 0.3) is 0 Å². The fraction of sp³-hybridized carbons (Fsp3) is 0.229. The first-order valence-electron chi connectivity index (χ1n) is 14.1. The first-order chi connectivity index (χ1) is 21.1. The van der Waals surface area contributed by atoms with E-state index in [4.69, 9.17) is 23.7 Å². The summed E-state index contributed by atoms with van der Waals surface area (Å²) in [5, 5.41) is 0. The highest BCUT2D eigenvalue weighted by atomic mass is 16.6. The Bertz CT molecular complexity index is 1480. The summed E-state index contributed by atoms with van der Waals surface area (Å²) in [6.07, 6.45) is 0. The molecule has 0 atom stereocenters. The molecule has 0 amide bonds. The van der Waals surface area contributed by atoms with Crippen LogP contribution in [0.1, 0.15) is 47.8 Å². The Balaban J connectivity index is 1.55. The second-order valence-electron chi connectivity index (χ2n) is 9.68. The molecule has 8 heteroatoms. The van der Waals surface area contributed by atoms with Crippen LogP contribution < -0.4 is 9.47 Å². The third-order valence-electron chi connectivity index (χ3n) is 6.73. The number of ether oxygens (including phenoxy) is 5. The minimum absolute atomic E-state index is 0.184. The van der Waals surface area contributed by atoms with Crippen LogP contribution in [0, 0.1) is 0 Å².